The first-order chi connectivity index (χ1) is 11.7. The van der Waals surface area contributed by atoms with Gasteiger partial charge in [0.05, 0.1) is 0 Å². The molecule has 0 saturated carbocycles. The lowest BCUT2D eigenvalue weighted by Crippen LogP contribution is -1.98. The minimum absolute atomic E-state index is 0.349. The lowest BCUT2D eigenvalue weighted by molar-refractivity contribution is 1.22. The highest BCUT2D eigenvalue weighted by Crippen LogP contribution is 2.34. The minimum atomic E-state index is -0.487. The first kappa shape index (κ1) is 16.7. The SMILES string of the molecule is CC(=N)N=S(c1ccccc1)c1ccccc1Sc1ccccc1. The molecule has 0 bridgehead atoms. The fourth-order valence-corrected chi connectivity index (χ4v) is 5.06. The van der Waals surface area contributed by atoms with E-state index in [0.717, 1.165) is 9.79 Å². The summed E-state index contributed by atoms with van der Waals surface area (Å²) < 4.78 is 4.62. The van der Waals surface area contributed by atoms with Crippen molar-refractivity contribution in [3.05, 3.63) is 84.9 Å². The van der Waals surface area contributed by atoms with Crippen molar-refractivity contribution < 1.29 is 0 Å². The predicted molar refractivity (Wildman–Crippen MR) is 103 cm³/mol. The van der Waals surface area contributed by atoms with Gasteiger partial charge in [0.1, 0.15) is 5.84 Å². The molecule has 0 fully saturated rings. The van der Waals surface area contributed by atoms with Crippen LogP contribution in [-0.2, 0) is 10.7 Å². The summed E-state index contributed by atoms with van der Waals surface area (Å²) >= 11 is 1.74. The second-order valence-electron chi connectivity index (χ2n) is 5.14. The van der Waals surface area contributed by atoms with Crippen molar-refractivity contribution >= 4 is 28.3 Å². The van der Waals surface area contributed by atoms with Crippen LogP contribution >= 0.6 is 11.8 Å². The number of benzene rings is 3. The van der Waals surface area contributed by atoms with Crippen LogP contribution in [0.3, 0.4) is 0 Å². The van der Waals surface area contributed by atoms with Gasteiger partial charge in [-0.1, -0.05) is 60.3 Å². The summed E-state index contributed by atoms with van der Waals surface area (Å²) in [5.74, 6) is 0.349. The maximum Gasteiger partial charge on any atom is 0.125 e. The standard InChI is InChI=1S/C20H18N2S2/c1-16(21)22-24(18-12-6-3-7-13-18)20-15-9-8-14-19(20)23-17-10-4-2-5-11-17/h2-15,21H,1H3. The van der Waals surface area contributed by atoms with Crippen LogP contribution in [0.4, 0.5) is 0 Å². The third-order valence-corrected chi connectivity index (χ3v) is 6.38. The Morgan fingerprint density at radius 1 is 0.833 bits per heavy atom. The zero-order valence-corrected chi connectivity index (χ0v) is 15.0. The molecule has 120 valence electrons. The highest BCUT2D eigenvalue weighted by molar-refractivity contribution is 8.00. The number of hydrogen-bond acceptors (Lipinski definition) is 2. The molecule has 24 heavy (non-hydrogen) atoms. The summed E-state index contributed by atoms with van der Waals surface area (Å²) in [6.07, 6.45) is 0. The highest BCUT2D eigenvalue weighted by Gasteiger charge is 2.11. The third-order valence-electron chi connectivity index (χ3n) is 3.22. The van der Waals surface area contributed by atoms with Crippen LogP contribution in [0.15, 0.2) is 109 Å². The first-order valence-electron chi connectivity index (χ1n) is 7.62. The van der Waals surface area contributed by atoms with E-state index in [2.05, 4.69) is 46.8 Å². The molecule has 2 nitrogen and oxygen atoms in total. The summed E-state index contributed by atoms with van der Waals surface area (Å²) in [7, 11) is -0.487. The molecule has 4 heteroatoms. The Kier molecular flexibility index (Phi) is 5.62. The molecule has 3 rings (SSSR count). The van der Waals surface area contributed by atoms with Gasteiger partial charge in [-0.25, -0.2) is 4.36 Å². The van der Waals surface area contributed by atoms with E-state index in [9.17, 15) is 0 Å². The largest absolute Gasteiger partial charge is 0.286 e. The van der Waals surface area contributed by atoms with Crippen LogP contribution in [0.2, 0.25) is 0 Å². The Bertz CT molecular complexity index is 859. The molecule has 3 aromatic carbocycles. The molecule has 1 unspecified atom stereocenters. The zero-order valence-electron chi connectivity index (χ0n) is 13.3. The lowest BCUT2D eigenvalue weighted by atomic mass is 10.4. The number of hydrogen-bond donors (Lipinski definition) is 1. The summed E-state index contributed by atoms with van der Waals surface area (Å²) in [4.78, 5) is 4.67. The molecule has 0 saturated heterocycles. The molecular weight excluding hydrogens is 332 g/mol. The van der Waals surface area contributed by atoms with Gasteiger partial charge in [0, 0.05) is 19.6 Å². The molecule has 1 N–H and O–H groups in total. The second-order valence-corrected chi connectivity index (χ2v) is 7.91. The van der Waals surface area contributed by atoms with E-state index in [4.69, 9.17) is 5.41 Å². The van der Waals surface area contributed by atoms with Crippen LogP contribution in [0.25, 0.3) is 0 Å². The normalized spacial score (nSPS) is 12.0. The van der Waals surface area contributed by atoms with E-state index in [1.165, 1.54) is 9.79 Å². The molecule has 0 aromatic heterocycles. The lowest BCUT2D eigenvalue weighted by Gasteiger charge is -2.13. The van der Waals surface area contributed by atoms with Crippen molar-refractivity contribution in [3.8, 4) is 0 Å². The average molecular weight is 351 g/mol. The fraction of sp³-hybridized carbons (Fsp3) is 0.0500. The number of amidine groups is 1. The van der Waals surface area contributed by atoms with Crippen molar-refractivity contribution in [2.24, 2.45) is 4.36 Å². The topological polar surface area (TPSA) is 36.2 Å². The van der Waals surface area contributed by atoms with Gasteiger partial charge in [0.2, 0.25) is 0 Å². The molecule has 0 amide bonds. The summed E-state index contributed by atoms with van der Waals surface area (Å²) in [6.45, 7) is 1.73. The van der Waals surface area contributed by atoms with Gasteiger partial charge in [-0.2, -0.15) is 0 Å². The third kappa shape index (κ3) is 4.22. The van der Waals surface area contributed by atoms with Crippen molar-refractivity contribution in [3.63, 3.8) is 0 Å². The molecule has 0 aliphatic carbocycles. The molecule has 0 spiro atoms. The summed E-state index contributed by atoms with van der Waals surface area (Å²) in [5, 5.41) is 7.85. The van der Waals surface area contributed by atoms with Gasteiger partial charge in [-0.05, 0) is 54.0 Å². The molecule has 1 atom stereocenters. The van der Waals surface area contributed by atoms with Crippen LogP contribution < -0.4 is 0 Å². The van der Waals surface area contributed by atoms with E-state index in [-0.39, 0.29) is 0 Å². The van der Waals surface area contributed by atoms with Crippen molar-refractivity contribution in [1.82, 2.24) is 0 Å². The number of nitrogens with one attached hydrogen (secondary N) is 1. The fourth-order valence-electron chi connectivity index (χ4n) is 2.22. The zero-order chi connectivity index (χ0) is 16.8. The van der Waals surface area contributed by atoms with Gasteiger partial charge in [-0.3, -0.25) is 5.41 Å². The maximum atomic E-state index is 7.85. The van der Waals surface area contributed by atoms with E-state index in [1.807, 2.05) is 42.5 Å². The Balaban J connectivity index is 2.08. The van der Waals surface area contributed by atoms with Crippen LogP contribution in [0.1, 0.15) is 6.92 Å². The monoisotopic (exact) mass is 350 g/mol. The van der Waals surface area contributed by atoms with Crippen LogP contribution in [0, 0.1) is 5.41 Å². The Labute approximate surface area is 149 Å². The van der Waals surface area contributed by atoms with Crippen molar-refractivity contribution in [2.45, 2.75) is 26.5 Å². The smallest absolute Gasteiger partial charge is 0.125 e. The molecular formula is C20H18N2S2. The molecule has 0 aliphatic rings. The Morgan fingerprint density at radius 3 is 2.08 bits per heavy atom. The van der Waals surface area contributed by atoms with Crippen LogP contribution in [0.5, 0.6) is 0 Å². The average Bonchev–Trinajstić information content (AvgIpc) is 2.62. The number of nitrogens with zero attached hydrogens (tertiary/aromatic N) is 1. The van der Waals surface area contributed by atoms with Gasteiger partial charge in [0.25, 0.3) is 0 Å². The van der Waals surface area contributed by atoms with E-state index >= 15 is 0 Å². The van der Waals surface area contributed by atoms with E-state index in [1.54, 1.807) is 18.7 Å². The predicted octanol–water partition coefficient (Wildman–Crippen LogP) is 6.05. The molecule has 0 heterocycles. The highest BCUT2D eigenvalue weighted by atomic mass is 32.2. The summed E-state index contributed by atoms with van der Waals surface area (Å²) in [5.41, 5.74) is 0. The van der Waals surface area contributed by atoms with Crippen molar-refractivity contribution in [2.75, 3.05) is 0 Å². The quantitative estimate of drug-likeness (QED) is 0.451. The second kappa shape index (κ2) is 8.08. The molecule has 3 aromatic rings. The molecule has 0 aliphatic heterocycles. The van der Waals surface area contributed by atoms with Gasteiger partial charge >= 0.3 is 0 Å². The first-order valence-corrected chi connectivity index (χ1v) is 9.62. The van der Waals surface area contributed by atoms with E-state index in [0.29, 0.717) is 5.84 Å². The minimum Gasteiger partial charge on any atom is -0.286 e. The van der Waals surface area contributed by atoms with Gasteiger partial charge < -0.3 is 0 Å². The van der Waals surface area contributed by atoms with Crippen LogP contribution in [-0.4, -0.2) is 5.84 Å². The number of rotatable bonds is 4. The molecule has 0 radical (unpaired) electrons. The van der Waals surface area contributed by atoms with Gasteiger partial charge in [0.15, 0.2) is 0 Å². The van der Waals surface area contributed by atoms with E-state index < -0.39 is 10.7 Å². The maximum absolute atomic E-state index is 7.85. The van der Waals surface area contributed by atoms with Crippen molar-refractivity contribution in [1.29, 1.82) is 5.41 Å². The summed E-state index contributed by atoms with van der Waals surface area (Å²) in [6, 6.07) is 28.9. The van der Waals surface area contributed by atoms with Gasteiger partial charge in [-0.15, -0.1) is 0 Å². The Morgan fingerprint density at radius 2 is 1.42 bits per heavy atom. The Hall–Kier alpha value is -2.17.